The molecule has 2 rings (SSSR count). The van der Waals surface area contributed by atoms with Crippen molar-refractivity contribution in [3.8, 4) is 11.3 Å². The predicted octanol–water partition coefficient (Wildman–Crippen LogP) is 3.95. The van der Waals surface area contributed by atoms with Gasteiger partial charge in [0.1, 0.15) is 0 Å². The fraction of sp³-hybridized carbons (Fsp3) is 0.357. The van der Waals surface area contributed by atoms with Gasteiger partial charge in [0.2, 0.25) is 0 Å². The summed E-state index contributed by atoms with van der Waals surface area (Å²) in [6, 6.07) is 10.4. The summed E-state index contributed by atoms with van der Waals surface area (Å²) in [5, 5.41) is 3.89. The molecule has 0 saturated heterocycles. The van der Waals surface area contributed by atoms with Crippen molar-refractivity contribution < 1.29 is 4.52 Å². The van der Waals surface area contributed by atoms with Gasteiger partial charge in [-0.15, -0.1) is 0 Å². The molecule has 2 nitrogen and oxygen atoms in total. The normalized spacial score (nSPS) is 11.8. The maximum absolute atomic E-state index is 5.23. The Kier molecular flexibility index (Phi) is 2.58. The van der Waals surface area contributed by atoms with E-state index in [4.69, 9.17) is 4.52 Å². The van der Waals surface area contributed by atoms with E-state index < -0.39 is 0 Å². The van der Waals surface area contributed by atoms with Gasteiger partial charge in [-0.2, -0.15) is 0 Å². The maximum Gasteiger partial charge on any atom is 0.167 e. The fourth-order valence-corrected chi connectivity index (χ4v) is 1.63. The van der Waals surface area contributed by atoms with Gasteiger partial charge in [0.15, 0.2) is 5.76 Å². The Morgan fingerprint density at radius 2 is 1.69 bits per heavy atom. The fourth-order valence-electron chi connectivity index (χ4n) is 1.63. The minimum atomic E-state index is 0.190. The van der Waals surface area contributed by atoms with Crippen molar-refractivity contribution in [3.05, 3.63) is 41.6 Å². The van der Waals surface area contributed by atoms with Gasteiger partial charge in [-0.1, -0.05) is 50.2 Å². The lowest BCUT2D eigenvalue weighted by Crippen LogP contribution is -2.10. The smallest absolute Gasteiger partial charge is 0.167 e. The second-order valence-corrected chi connectivity index (χ2v) is 5.16. The number of rotatable bonds is 1. The van der Waals surface area contributed by atoms with Crippen LogP contribution >= 0.6 is 0 Å². The molecule has 0 spiro atoms. The summed E-state index contributed by atoms with van der Waals surface area (Å²) in [7, 11) is 0. The molecule has 1 heterocycles. The molecule has 0 aliphatic rings. The van der Waals surface area contributed by atoms with Crippen LogP contribution in [0.2, 0.25) is 0 Å². The Hall–Kier alpha value is -1.57. The highest BCUT2D eigenvalue weighted by Gasteiger charge is 2.13. The first-order valence-electron chi connectivity index (χ1n) is 5.51. The van der Waals surface area contributed by atoms with Crippen molar-refractivity contribution in [1.82, 2.24) is 5.16 Å². The van der Waals surface area contributed by atoms with Crippen molar-refractivity contribution in [2.75, 3.05) is 0 Å². The molecule has 1 aromatic heterocycles. The average molecular weight is 215 g/mol. The summed E-state index contributed by atoms with van der Waals surface area (Å²) in [6.07, 6.45) is 0. The topological polar surface area (TPSA) is 26.0 Å². The molecule has 0 atom stereocenters. The lowest BCUT2D eigenvalue weighted by Gasteiger charge is -2.18. The molecule has 0 bridgehead atoms. The number of hydrogen-bond acceptors (Lipinski definition) is 2. The SMILES string of the molecule is Cc1cc(-c2ccc(C(C)(C)C)cc2)on1. The van der Waals surface area contributed by atoms with Gasteiger partial charge in [-0.3, -0.25) is 0 Å². The molecule has 16 heavy (non-hydrogen) atoms. The summed E-state index contributed by atoms with van der Waals surface area (Å²) >= 11 is 0. The molecule has 0 aliphatic heterocycles. The second kappa shape index (κ2) is 3.78. The lowest BCUT2D eigenvalue weighted by molar-refractivity contribution is 0.427. The number of aryl methyl sites for hydroxylation is 1. The Morgan fingerprint density at radius 3 is 2.12 bits per heavy atom. The summed E-state index contributed by atoms with van der Waals surface area (Å²) in [4.78, 5) is 0. The molecule has 0 radical (unpaired) electrons. The highest BCUT2D eigenvalue weighted by atomic mass is 16.5. The summed E-state index contributed by atoms with van der Waals surface area (Å²) in [6.45, 7) is 8.55. The molecule has 0 amide bonds. The highest BCUT2D eigenvalue weighted by molar-refractivity contribution is 5.58. The van der Waals surface area contributed by atoms with E-state index in [1.54, 1.807) is 0 Å². The van der Waals surface area contributed by atoms with E-state index in [1.165, 1.54) is 5.56 Å². The quantitative estimate of drug-likeness (QED) is 0.720. The molecule has 2 aromatic rings. The Morgan fingerprint density at radius 1 is 1.06 bits per heavy atom. The molecule has 0 fully saturated rings. The molecule has 0 unspecified atom stereocenters. The van der Waals surface area contributed by atoms with Crippen LogP contribution in [0, 0.1) is 6.92 Å². The number of nitrogens with zero attached hydrogens (tertiary/aromatic N) is 1. The van der Waals surface area contributed by atoms with E-state index in [1.807, 2.05) is 13.0 Å². The van der Waals surface area contributed by atoms with Crippen LogP contribution in [0.4, 0.5) is 0 Å². The van der Waals surface area contributed by atoms with Gasteiger partial charge in [-0.25, -0.2) is 0 Å². The third kappa shape index (κ3) is 2.16. The summed E-state index contributed by atoms with van der Waals surface area (Å²) in [5.41, 5.74) is 3.51. The molecule has 2 heteroatoms. The van der Waals surface area contributed by atoms with Crippen LogP contribution in [0.15, 0.2) is 34.9 Å². The molecule has 0 aliphatic carbocycles. The Balaban J connectivity index is 2.33. The van der Waals surface area contributed by atoms with Crippen molar-refractivity contribution >= 4 is 0 Å². The summed E-state index contributed by atoms with van der Waals surface area (Å²) in [5.74, 6) is 0.831. The van der Waals surface area contributed by atoms with E-state index in [9.17, 15) is 0 Å². The van der Waals surface area contributed by atoms with Crippen LogP contribution in [0.3, 0.4) is 0 Å². The lowest BCUT2D eigenvalue weighted by atomic mass is 9.86. The zero-order chi connectivity index (χ0) is 11.8. The van der Waals surface area contributed by atoms with Crippen molar-refractivity contribution in [1.29, 1.82) is 0 Å². The van der Waals surface area contributed by atoms with Crippen LogP contribution in [0.25, 0.3) is 11.3 Å². The van der Waals surface area contributed by atoms with Crippen molar-refractivity contribution in [2.24, 2.45) is 0 Å². The third-order valence-corrected chi connectivity index (χ3v) is 2.66. The zero-order valence-corrected chi connectivity index (χ0v) is 10.2. The molecule has 0 saturated carbocycles. The van der Waals surface area contributed by atoms with Gasteiger partial charge in [-0.05, 0) is 17.9 Å². The molecule has 1 aromatic carbocycles. The van der Waals surface area contributed by atoms with Crippen LogP contribution in [-0.2, 0) is 5.41 Å². The van der Waals surface area contributed by atoms with Gasteiger partial charge in [0.05, 0.1) is 5.69 Å². The minimum Gasteiger partial charge on any atom is -0.356 e. The van der Waals surface area contributed by atoms with Crippen LogP contribution < -0.4 is 0 Å². The standard InChI is InChI=1S/C14H17NO/c1-10-9-13(16-15-10)11-5-7-12(8-6-11)14(2,3)4/h5-9H,1-4H3. The predicted molar refractivity (Wildman–Crippen MR) is 65.4 cm³/mol. The second-order valence-electron chi connectivity index (χ2n) is 5.16. The summed E-state index contributed by atoms with van der Waals surface area (Å²) < 4.78 is 5.23. The monoisotopic (exact) mass is 215 g/mol. The largest absolute Gasteiger partial charge is 0.356 e. The average Bonchev–Trinajstić information content (AvgIpc) is 2.64. The van der Waals surface area contributed by atoms with Crippen LogP contribution in [0.1, 0.15) is 32.0 Å². The van der Waals surface area contributed by atoms with E-state index in [2.05, 4.69) is 50.2 Å². The van der Waals surface area contributed by atoms with Gasteiger partial charge in [0.25, 0.3) is 0 Å². The van der Waals surface area contributed by atoms with Crippen LogP contribution in [0.5, 0.6) is 0 Å². The van der Waals surface area contributed by atoms with E-state index in [-0.39, 0.29) is 5.41 Å². The first-order valence-corrected chi connectivity index (χ1v) is 5.51. The zero-order valence-electron chi connectivity index (χ0n) is 10.2. The number of benzene rings is 1. The number of aromatic nitrogens is 1. The first-order chi connectivity index (χ1) is 7.47. The van der Waals surface area contributed by atoms with E-state index in [0.717, 1.165) is 17.0 Å². The van der Waals surface area contributed by atoms with Gasteiger partial charge in [0, 0.05) is 11.6 Å². The third-order valence-electron chi connectivity index (χ3n) is 2.66. The van der Waals surface area contributed by atoms with Gasteiger partial charge < -0.3 is 4.52 Å². The Bertz CT molecular complexity index is 474. The molecule has 0 N–H and O–H groups in total. The molecular formula is C14H17NO. The van der Waals surface area contributed by atoms with Crippen molar-refractivity contribution in [2.45, 2.75) is 33.1 Å². The Labute approximate surface area is 96.3 Å². The first kappa shape index (κ1) is 10.9. The number of hydrogen-bond donors (Lipinski definition) is 0. The van der Waals surface area contributed by atoms with Crippen molar-refractivity contribution in [3.63, 3.8) is 0 Å². The van der Waals surface area contributed by atoms with Gasteiger partial charge >= 0.3 is 0 Å². The van der Waals surface area contributed by atoms with E-state index >= 15 is 0 Å². The minimum absolute atomic E-state index is 0.190. The molecule has 84 valence electrons. The van der Waals surface area contributed by atoms with Crippen LogP contribution in [-0.4, -0.2) is 5.16 Å². The highest BCUT2D eigenvalue weighted by Crippen LogP contribution is 2.26. The molecular weight excluding hydrogens is 198 g/mol. The van der Waals surface area contributed by atoms with E-state index in [0.29, 0.717) is 0 Å². The maximum atomic E-state index is 5.23.